The first-order chi connectivity index (χ1) is 11.0. The second-order valence-corrected chi connectivity index (χ2v) is 4.97. The number of carbonyl (C=O) groups excluding carboxylic acids is 2. The van der Waals surface area contributed by atoms with Crippen LogP contribution in [0.3, 0.4) is 0 Å². The minimum absolute atomic E-state index is 0.0646. The van der Waals surface area contributed by atoms with E-state index in [2.05, 4.69) is 10.6 Å². The van der Waals surface area contributed by atoms with Crippen LogP contribution in [0.1, 0.15) is 22.3 Å². The van der Waals surface area contributed by atoms with Crippen LogP contribution in [0.15, 0.2) is 42.5 Å². The van der Waals surface area contributed by atoms with Gasteiger partial charge in [-0.1, -0.05) is 24.3 Å². The van der Waals surface area contributed by atoms with Crippen LogP contribution >= 0.6 is 0 Å². The Hall–Kier alpha value is -2.76. The van der Waals surface area contributed by atoms with Crippen molar-refractivity contribution in [2.45, 2.75) is 13.3 Å². The summed E-state index contributed by atoms with van der Waals surface area (Å²) in [5.74, 6) is -2.57. The second-order valence-electron chi connectivity index (χ2n) is 4.97. The molecule has 0 aromatic heterocycles. The molecule has 0 saturated carbocycles. The van der Waals surface area contributed by atoms with Gasteiger partial charge in [0.05, 0.1) is 0 Å². The van der Waals surface area contributed by atoms with Crippen LogP contribution in [0.4, 0.5) is 14.5 Å². The van der Waals surface area contributed by atoms with Crippen molar-refractivity contribution in [3.8, 4) is 0 Å². The zero-order chi connectivity index (χ0) is 16.8. The molecule has 2 aromatic carbocycles. The molecule has 0 heterocycles. The van der Waals surface area contributed by atoms with Crippen LogP contribution < -0.4 is 10.6 Å². The van der Waals surface area contributed by atoms with Gasteiger partial charge in [-0.2, -0.15) is 0 Å². The van der Waals surface area contributed by atoms with E-state index in [9.17, 15) is 18.4 Å². The molecule has 2 N–H and O–H groups in total. The topological polar surface area (TPSA) is 58.2 Å². The van der Waals surface area contributed by atoms with Gasteiger partial charge in [-0.25, -0.2) is 8.78 Å². The molecule has 0 fully saturated rings. The molecular formula is C17H16F2N2O2. The van der Waals surface area contributed by atoms with Gasteiger partial charge in [0.2, 0.25) is 5.91 Å². The summed E-state index contributed by atoms with van der Waals surface area (Å²) < 4.78 is 26.8. The zero-order valence-corrected chi connectivity index (χ0v) is 12.5. The highest BCUT2D eigenvalue weighted by Gasteiger charge is 2.12. The summed E-state index contributed by atoms with van der Waals surface area (Å²) in [5.41, 5.74) is 0.860. The third-order valence-corrected chi connectivity index (χ3v) is 3.25. The Bertz CT molecular complexity index is 712. The van der Waals surface area contributed by atoms with Crippen molar-refractivity contribution < 1.29 is 18.4 Å². The summed E-state index contributed by atoms with van der Waals surface area (Å²) >= 11 is 0. The fourth-order valence-electron chi connectivity index (χ4n) is 2.03. The van der Waals surface area contributed by atoms with Gasteiger partial charge in [0.1, 0.15) is 17.3 Å². The molecule has 4 nitrogen and oxygen atoms in total. The monoisotopic (exact) mass is 318 g/mol. The molecular weight excluding hydrogens is 302 g/mol. The lowest BCUT2D eigenvalue weighted by Crippen LogP contribution is -2.28. The fourth-order valence-corrected chi connectivity index (χ4v) is 2.03. The summed E-state index contributed by atoms with van der Waals surface area (Å²) in [4.78, 5) is 23.7. The Labute approximate surface area is 132 Å². The smallest absolute Gasteiger partial charge is 0.251 e. The lowest BCUT2D eigenvalue weighted by Gasteiger charge is -2.09. The van der Waals surface area contributed by atoms with Gasteiger partial charge in [-0.15, -0.1) is 0 Å². The van der Waals surface area contributed by atoms with Gasteiger partial charge in [0.25, 0.3) is 5.91 Å². The van der Waals surface area contributed by atoms with Crippen molar-refractivity contribution in [3.05, 3.63) is 65.2 Å². The van der Waals surface area contributed by atoms with Crippen LogP contribution in [-0.2, 0) is 4.79 Å². The molecule has 120 valence electrons. The molecule has 0 radical (unpaired) electrons. The van der Waals surface area contributed by atoms with Crippen LogP contribution in [0, 0.1) is 18.6 Å². The Morgan fingerprint density at radius 3 is 2.30 bits per heavy atom. The Kier molecular flexibility index (Phi) is 5.41. The summed E-state index contributed by atoms with van der Waals surface area (Å²) in [6.07, 6.45) is -0.0919. The molecule has 0 unspecified atom stereocenters. The number of carbonyl (C=O) groups is 2. The Morgan fingerprint density at radius 2 is 1.65 bits per heavy atom. The number of hydrogen-bond acceptors (Lipinski definition) is 2. The molecule has 2 rings (SSSR count). The number of anilines is 1. The van der Waals surface area contributed by atoms with E-state index in [-0.39, 0.29) is 18.9 Å². The quantitative estimate of drug-likeness (QED) is 0.890. The van der Waals surface area contributed by atoms with Crippen molar-refractivity contribution >= 4 is 17.5 Å². The summed E-state index contributed by atoms with van der Waals surface area (Å²) in [6, 6.07) is 10.4. The number of benzene rings is 2. The van der Waals surface area contributed by atoms with E-state index in [1.54, 1.807) is 12.1 Å². The van der Waals surface area contributed by atoms with Crippen molar-refractivity contribution in [3.63, 3.8) is 0 Å². The number of amides is 2. The summed E-state index contributed by atoms with van der Waals surface area (Å²) in [5, 5.41) is 4.76. The zero-order valence-electron chi connectivity index (χ0n) is 12.5. The van der Waals surface area contributed by atoms with E-state index in [4.69, 9.17) is 0 Å². The van der Waals surface area contributed by atoms with Gasteiger partial charge >= 0.3 is 0 Å². The van der Waals surface area contributed by atoms with Crippen LogP contribution in [0.5, 0.6) is 0 Å². The lowest BCUT2D eigenvalue weighted by atomic mass is 10.1. The molecule has 0 aliphatic rings. The highest BCUT2D eigenvalue weighted by atomic mass is 19.1. The Balaban J connectivity index is 1.86. The van der Waals surface area contributed by atoms with E-state index in [0.717, 1.165) is 17.7 Å². The Morgan fingerprint density at radius 1 is 1.00 bits per heavy atom. The number of rotatable bonds is 5. The summed E-state index contributed by atoms with van der Waals surface area (Å²) in [6.45, 7) is 1.87. The van der Waals surface area contributed by atoms with E-state index in [1.165, 1.54) is 6.07 Å². The van der Waals surface area contributed by atoms with Crippen molar-refractivity contribution in [1.29, 1.82) is 0 Å². The molecule has 0 aliphatic carbocycles. The van der Waals surface area contributed by atoms with Crippen molar-refractivity contribution in [1.82, 2.24) is 5.32 Å². The summed E-state index contributed by atoms with van der Waals surface area (Å²) in [7, 11) is 0. The second kappa shape index (κ2) is 7.49. The number of halogens is 2. The molecule has 0 saturated heterocycles. The molecule has 0 atom stereocenters. The van der Waals surface area contributed by atoms with Crippen LogP contribution in [0.2, 0.25) is 0 Å². The van der Waals surface area contributed by atoms with E-state index < -0.39 is 23.2 Å². The number of nitrogens with one attached hydrogen (secondary N) is 2. The highest BCUT2D eigenvalue weighted by Crippen LogP contribution is 2.17. The first-order valence-corrected chi connectivity index (χ1v) is 7.06. The minimum atomic E-state index is -0.845. The molecule has 6 heteroatoms. The fraction of sp³-hybridized carbons (Fsp3) is 0.176. The van der Waals surface area contributed by atoms with E-state index >= 15 is 0 Å². The number of aryl methyl sites for hydroxylation is 1. The molecule has 0 aliphatic heterocycles. The average Bonchev–Trinajstić information content (AvgIpc) is 2.51. The first-order valence-electron chi connectivity index (χ1n) is 7.06. The van der Waals surface area contributed by atoms with Crippen molar-refractivity contribution in [2.75, 3.05) is 11.9 Å². The van der Waals surface area contributed by atoms with E-state index in [0.29, 0.717) is 5.56 Å². The predicted octanol–water partition coefficient (Wildman–Crippen LogP) is 3.03. The first kappa shape index (κ1) is 16.6. The maximum Gasteiger partial charge on any atom is 0.251 e. The lowest BCUT2D eigenvalue weighted by molar-refractivity contribution is -0.116. The molecule has 0 bridgehead atoms. The third-order valence-electron chi connectivity index (χ3n) is 3.25. The van der Waals surface area contributed by atoms with Gasteiger partial charge in [-0.05, 0) is 30.7 Å². The standard InChI is InChI=1S/C17H16F2N2O2/c1-11-5-2-3-6-12(11)17(23)20-10-9-15(22)21-16-13(18)7-4-8-14(16)19/h2-8H,9-10H2,1H3,(H,20,23)(H,21,22). The maximum absolute atomic E-state index is 13.4. The number of para-hydroxylation sites is 1. The third kappa shape index (κ3) is 4.35. The minimum Gasteiger partial charge on any atom is -0.352 e. The SMILES string of the molecule is Cc1ccccc1C(=O)NCCC(=O)Nc1c(F)cccc1F. The van der Waals surface area contributed by atoms with Crippen LogP contribution in [0.25, 0.3) is 0 Å². The normalized spacial score (nSPS) is 10.2. The van der Waals surface area contributed by atoms with Gasteiger partial charge in [-0.3, -0.25) is 9.59 Å². The van der Waals surface area contributed by atoms with Gasteiger partial charge in [0.15, 0.2) is 0 Å². The van der Waals surface area contributed by atoms with Gasteiger partial charge in [0, 0.05) is 18.5 Å². The number of hydrogen-bond donors (Lipinski definition) is 2. The molecule has 2 aromatic rings. The van der Waals surface area contributed by atoms with E-state index in [1.807, 2.05) is 19.1 Å². The average molecular weight is 318 g/mol. The highest BCUT2D eigenvalue weighted by molar-refractivity contribution is 5.96. The maximum atomic E-state index is 13.4. The van der Waals surface area contributed by atoms with Crippen LogP contribution in [-0.4, -0.2) is 18.4 Å². The largest absolute Gasteiger partial charge is 0.352 e. The predicted molar refractivity (Wildman–Crippen MR) is 83.1 cm³/mol. The molecule has 2 amide bonds. The molecule has 0 spiro atoms. The van der Waals surface area contributed by atoms with Crippen molar-refractivity contribution in [2.24, 2.45) is 0 Å². The molecule has 23 heavy (non-hydrogen) atoms. The van der Waals surface area contributed by atoms with Gasteiger partial charge < -0.3 is 10.6 Å².